The molecule has 7 heteroatoms. The van der Waals surface area contributed by atoms with Crippen molar-refractivity contribution in [2.45, 2.75) is 58.5 Å². The highest BCUT2D eigenvalue weighted by atomic mass is 127. The van der Waals surface area contributed by atoms with E-state index in [0.717, 1.165) is 30.7 Å². The summed E-state index contributed by atoms with van der Waals surface area (Å²) in [6.45, 7) is 8.21. The molecule has 1 aliphatic rings. The van der Waals surface area contributed by atoms with E-state index in [1.807, 2.05) is 18.8 Å². The smallest absolute Gasteiger partial charge is 0.191 e. The number of likely N-dealkylation sites (N-methyl/N-ethyl adjacent to an activating group) is 1. The second-order valence-electron chi connectivity index (χ2n) is 7.87. The maximum absolute atomic E-state index is 4.49. The van der Waals surface area contributed by atoms with Crippen molar-refractivity contribution in [3.05, 3.63) is 17.0 Å². The lowest BCUT2D eigenvalue weighted by atomic mass is 9.75. The van der Waals surface area contributed by atoms with Crippen molar-refractivity contribution in [3.8, 4) is 0 Å². The first-order valence-corrected chi connectivity index (χ1v) is 9.40. The SMILES string of the molecule is CN=C(NCc1c(C)nn(C)c1C)NCC1(N(C)C)CCCC(C)C1.I. The Kier molecular flexibility index (Phi) is 8.85. The molecule has 1 aromatic heterocycles. The van der Waals surface area contributed by atoms with Crippen LogP contribution in [0.5, 0.6) is 0 Å². The average molecular weight is 476 g/mol. The van der Waals surface area contributed by atoms with Crippen LogP contribution in [0.3, 0.4) is 0 Å². The molecule has 0 amide bonds. The molecule has 1 saturated carbocycles. The van der Waals surface area contributed by atoms with E-state index in [0.29, 0.717) is 0 Å². The van der Waals surface area contributed by atoms with Gasteiger partial charge in [0.15, 0.2) is 5.96 Å². The number of nitrogens with one attached hydrogen (secondary N) is 2. The van der Waals surface area contributed by atoms with E-state index in [2.05, 4.69) is 60.5 Å². The van der Waals surface area contributed by atoms with E-state index in [4.69, 9.17) is 0 Å². The van der Waals surface area contributed by atoms with Gasteiger partial charge in [-0.15, -0.1) is 24.0 Å². The fraction of sp³-hybridized carbons (Fsp3) is 0.789. The zero-order valence-corrected chi connectivity index (χ0v) is 19.8. The summed E-state index contributed by atoms with van der Waals surface area (Å²) in [5, 5.41) is 11.5. The normalized spacial score (nSPS) is 23.7. The third-order valence-electron chi connectivity index (χ3n) is 5.92. The van der Waals surface area contributed by atoms with Gasteiger partial charge in [0, 0.05) is 44.0 Å². The summed E-state index contributed by atoms with van der Waals surface area (Å²) >= 11 is 0. The minimum Gasteiger partial charge on any atom is -0.355 e. The first kappa shape index (κ1) is 23.2. The van der Waals surface area contributed by atoms with Crippen molar-refractivity contribution in [3.63, 3.8) is 0 Å². The molecule has 0 aliphatic heterocycles. The molecule has 0 aromatic carbocycles. The van der Waals surface area contributed by atoms with Gasteiger partial charge >= 0.3 is 0 Å². The van der Waals surface area contributed by atoms with Gasteiger partial charge in [0.2, 0.25) is 0 Å². The minimum atomic E-state index is 0. The molecule has 26 heavy (non-hydrogen) atoms. The Morgan fingerprint density at radius 2 is 2.04 bits per heavy atom. The van der Waals surface area contributed by atoms with Crippen molar-refractivity contribution in [2.75, 3.05) is 27.7 Å². The lowest BCUT2D eigenvalue weighted by molar-refractivity contribution is 0.0795. The van der Waals surface area contributed by atoms with Gasteiger partial charge in [0.1, 0.15) is 0 Å². The number of nitrogens with zero attached hydrogens (tertiary/aromatic N) is 4. The van der Waals surface area contributed by atoms with E-state index < -0.39 is 0 Å². The summed E-state index contributed by atoms with van der Waals surface area (Å²) in [6, 6.07) is 0. The van der Waals surface area contributed by atoms with Gasteiger partial charge in [-0.1, -0.05) is 19.8 Å². The van der Waals surface area contributed by atoms with E-state index >= 15 is 0 Å². The Labute approximate surface area is 176 Å². The van der Waals surface area contributed by atoms with Gasteiger partial charge in [-0.25, -0.2) is 0 Å². The molecule has 0 bridgehead atoms. The molecule has 1 heterocycles. The van der Waals surface area contributed by atoms with Crippen LogP contribution in [0.15, 0.2) is 4.99 Å². The summed E-state index contributed by atoms with van der Waals surface area (Å²) in [7, 11) is 8.24. The molecule has 1 fully saturated rings. The van der Waals surface area contributed by atoms with Gasteiger partial charge < -0.3 is 15.5 Å². The first-order valence-electron chi connectivity index (χ1n) is 9.40. The highest BCUT2D eigenvalue weighted by molar-refractivity contribution is 14.0. The predicted molar refractivity (Wildman–Crippen MR) is 120 cm³/mol. The highest BCUT2D eigenvalue weighted by Gasteiger charge is 2.36. The van der Waals surface area contributed by atoms with E-state index in [-0.39, 0.29) is 29.5 Å². The third kappa shape index (κ3) is 5.34. The molecule has 2 rings (SSSR count). The van der Waals surface area contributed by atoms with Crippen molar-refractivity contribution < 1.29 is 0 Å². The van der Waals surface area contributed by atoms with Crippen molar-refractivity contribution in [1.29, 1.82) is 0 Å². The molecule has 2 N–H and O–H groups in total. The van der Waals surface area contributed by atoms with Crippen LogP contribution >= 0.6 is 24.0 Å². The van der Waals surface area contributed by atoms with Gasteiger partial charge in [-0.3, -0.25) is 9.67 Å². The number of rotatable bonds is 5. The maximum Gasteiger partial charge on any atom is 0.191 e. The Balaban J connectivity index is 0.00000338. The fourth-order valence-electron chi connectivity index (χ4n) is 4.07. The van der Waals surface area contributed by atoms with E-state index in [1.165, 1.54) is 36.9 Å². The second-order valence-corrected chi connectivity index (χ2v) is 7.87. The fourth-order valence-corrected chi connectivity index (χ4v) is 4.07. The van der Waals surface area contributed by atoms with Crippen LogP contribution in [0.4, 0.5) is 0 Å². The topological polar surface area (TPSA) is 57.5 Å². The molecule has 2 atom stereocenters. The molecule has 1 aromatic rings. The largest absolute Gasteiger partial charge is 0.355 e. The van der Waals surface area contributed by atoms with Gasteiger partial charge in [0.05, 0.1) is 5.69 Å². The molecule has 0 radical (unpaired) electrons. The van der Waals surface area contributed by atoms with Crippen LogP contribution in [0.2, 0.25) is 0 Å². The second kappa shape index (κ2) is 9.92. The number of aliphatic imine (C=N–C) groups is 1. The standard InChI is InChI=1S/C19H36N6.HI/c1-14-9-8-10-19(11-14,24(5)6)13-22-18(20-4)21-12-17-15(2)23-25(7)16(17)3;/h14H,8-13H2,1-7H3,(H2,20,21,22);1H. The van der Waals surface area contributed by atoms with Crippen molar-refractivity contribution >= 4 is 29.9 Å². The molecular formula is C19H37IN6. The lowest BCUT2D eigenvalue weighted by Crippen LogP contribution is -2.56. The Morgan fingerprint density at radius 1 is 1.35 bits per heavy atom. The molecule has 1 aliphatic carbocycles. The summed E-state index contributed by atoms with van der Waals surface area (Å²) in [5.74, 6) is 1.65. The number of hydrogen-bond acceptors (Lipinski definition) is 3. The van der Waals surface area contributed by atoms with E-state index in [9.17, 15) is 0 Å². The van der Waals surface area contributed by atoms with E-state index in [1.54, 1.807) is 0 Å². The number of guanidine groups is 1. The summed E-state index contributed by atoms with van der Waals surface area (Å²) in [6.07, 6.45) is 5.14. The van der Waals surface area contributed by atoms with Crippen molar-refractivity contribution in [2.24, 2.45) is 18.0 Å². The van der Waals surface area contributed by atoms with Crippen molar-refractivity contribution in [1.82, 2.24) is 25.3 Å². The third-order valence-corrected chi connectivity index (χ3v) is 5.92. The molecule has 150 valence electrons. The van der Waals surface area contributed by atoms with Crippen LogP contribution in [0.25, 0.3) is 0 Å². The number of hydrogen-bond donors (Lipinski definition) is 2. The lowest BCUT2D eigenvalue weighted by Gasteiger charge is -2.45. The van der Waals surface area contributed by atoms with Gasteiger partial charge in [-0.05, 0) is 46.7 Å². The minimum absolute atomic E-state index is 0. The Morgan fingerprint density at radius 3 is 2.54 bits per heavy atom. The predicted octanol–water partition coefficient (Wildman–Crippen LogP) is 2.83. The summed E-state index contributed by atoms with van der Waals surface area (Å²) in [5.41, 5.74) is 3.74. The average Bonchev–Trinajstić information content (AvgIpc) is 2.80. The Bertz CT molecular complexity index is 609. The zero-order valence-electron chi connectivity index (χ0n) is 17.5. The van der Waals surface area contributed by atoms with Crippen LogP contribution in [-0.4, -0.2) is 53.9 Å². The number of halogens is 1. The molecule has 0 saturated heterocycles. The van der Waals surface area contributed by atoms with Gasteiger partial charge in [0.25, 0.3) is 0 Å². The molecule has 2 unspecified atom stereocenters. The summed E-state index contributed by atoms with van der Waals surface area (Å²) < 4.78 is 1.94. The van der Waals surface area contributed by atoms with Crippen LogP contribution in [0.1, 0.15) is 49.6 Å². The Hall–Kier alpha value is -0.830. The zero-order chi connectivity index (χ0) is 18.6. The molecule has 6 nitrogen and oxygen atoms in total. The molecule has 0 spiro atoms. The van der Waals surface area contributed by atoms with Gasteiger partial charge in [-0.2, -0.15) is 5.10 Å². The number of aryl methyl sites for hydroxylation is 2. The quantitative estimate of drug-likeness (QED) is 0.390. The maximum atomic E-state index is 4.49. The van der Waals surface area contributed by atoms with Crippen LogP contribution in [-0.2, 0) is 13.6 Å². The monoisotopic (exact) mass is 476 g/mol. The number of aromatic nitrogens is 2. The van der Waals surface area contributed by atoms with Crippen LogP contribution < -0.4 is 10.6 Å². The first-order chi connectivity index (χ1) is 11.8. The van der Waals surface area contributed by atoms with Crippen LogP contribution in [0, 0.1) is 19.8 Å². The molecular weight excluding hydrogens is 439 g/mol. The summed E-state index contributed by atoms with van der Waals surface area (Å²) in [4.78, 5) is 6.81. The highest BCUT2D eigenvalue weighted by Crippen LogP contribution is 2.35.